The molecule has 1 saturated heterocycles. The third-order valence-electron chi connectivity index (χ3n) is 4.81. The molecule has 1 amide bonds. The molecule has 4 heteroatoms. The van der Waals surface area contributed by atoms with E-state index in [1.807, 2.05) is 38.1 Å². The summed E-state index contributed by atoms with van der Waals surface area (Å²) in [6.45, 7) is 12.1. The normalized spacial score (nSPS) is 21.6. The van der Waals surface area contributed by atoms with Crippen LogP contribution >= 0.6 is 0 Å². The molecule has 0 bridgehead atoms. The van der Waals surface area contributed by atoms with E-state index in [0.717, 1.165) is 30.7 Å². The van der Waals surface area contributed by atoms with Crippen molar-refractivity contribution in [2.24, 2.45) is 5.92 Å². The van der Waals surface area contributed by atoms with E-state index < -0.39 is 5.41 Å². The lowest BCUT2D eigenvalue weighted by Crippen LogP contribution is -2.55. The molecule has 2 N–H and O–H groups in total. The van der Waals surface area contributed by atoms with Gasteiger partial charge in [-0.15, -0.1) is 0 Å². The van der Waals surface area contributed by atoms with Crippen LogP contribution in [0.3, 0.4) is 0 Å². The zero-order chi connectivity index (χ0) is 17.7. The Morgan fingerprint density at radius 1 is 1.33 bits per heavy atom. The first kappa shape index (κ1) is 18.8. The van der Waals surface area contributed by atoms with Crippen molar-refractivity contribution in [1.29, 1.82) is 0 Å². The molecule has 2 unspecified atom stereocenters. The number of ether oxygens (including phenoxy) is 1. The van der Waals surface area contributed by atoms with Crippen LogP contribution in [0.4, 0.5) is 0 Å². The summed E-state index contributed by atoms with van der Waals surface area (Å²) in [7, 11) is 0. The topological polar surface area (TPSA) is 50.4 Å². The smallest absolute Gasteiger partial charge is 0.230 e. The summed E-state index contributed by atoms with van der Waals surface area (Å²) in [6, 6.07) is 8.44. The fourth-order valence-corrected chi connectivity index (χ4v) is 2.95. The molecule has 2 atom stereocenters. The molecular weight excluding hydrogens is 300 g/mol. The van der Waals surface area contributed by atoms with Gasteiger partial charge in [0.15, 0.2) is 0 Å². The monoisotopic (exact) mass is 332 g/mol. The highest BCUT2D eigenvalue weighted by Crippen LogP contribution is 2.26. The van der Waals surface area contributed by atoms with E-state index in [0.29, 0.717) is 18.6 Å². The van der Waals surface area contributed by atoms with Crippen molar-refractivity contribution in [2.45, 2.75) is 65.0 Å². The van der Waals surface area contributed by atoms with Crippen LogP contribution in [-0.4, -0.2) is 31.1 Å². The third kappa shape index (κ3) is 4.73. The molecule has 1 fully saturated rings. The van der Waals surface area contributed by atoms with E-state index >= 15 is 0 Å². The number of carbonyl (C=O) groups is 1. The highest BCUT2D eigenvalue weighted by molar-refractivity contribution is 5.87. The van der Waals surface area contributed by atoms with Crippen LogP contribution in [0.1, 0.15) is 53.0 Å². The van der Waals surface area contributed by atoms with Gasteiger partial charge < -0.3 is 15.4 Å². The molecule has 1 aromatic rings. The molecule has 0 saturated carbocycles. The van der Waals surface area contributed by atoms with Crippen LogP contribution in [0, 0.1) is 5.92 Å². The van der Waals surface area contributed by atoms with Crippen molar-refractivity contribution in [2.75, 3.05) is 13.2 Å². The number of benzene rings is 1. The van der Waals surface area contributed by atoms with Gasteiger partial charge in [-0.2, -0.15) is 0 Å². The van der Waals surface area contributed by atoms with Crippen LogP contribution in [0.2, 0.25) is 0 Å². The average Bonchev–Trinajstić information content (AvgIpc) is 2.55. The summed E-state index contributed by atoms with van der Waals surface area (Å²) >= 11 is 0. The first-order valence-corrected chi connectivity index (χ1v) is 9.08. The Hall–Kier alpha value is -1.55. The average molecular weight is 332 g/mol. The summed E-state index contributed by atoms with van der Waals surface area (Å²) in [5.74, 6) is 1.44. The lowest BCUT2D eigenvalue weighted by atomic mass is 9.83. The zero-order valence-corrected chi connectivity index (χ0v) is 15.7. The zero-order valence-electron chi connectivity index (χ0n) is 15.7. The van der Waals surface area contributed by atoms with Crippen molar-refractivity contribution in [1.82, 2.24) is 10.6 Å². The molecule has 0 spiro atoms. The molecule has 0 radical (unpaired) electrons. The molecule has 1 aromatic carbocycles. The maximum Gasteiger partial charge on any atom is 0.230 e. The Morgan fingerprint density at radius 2 is 2.00 bits per heavy atom. The number of amides is 1. The van der Waals surface area contributed by atoms with Gasteiger partial charge in [0.05, 0.1) is 12.0 Å². The lowest BCUT2D eigenvalue weighted by Gasteiger charge is -2.34. The Labute approximate surface area is 146 Å². The number of hydrogen-bond donors (Lipinski definition) is 2. The maximum atomic E-state index is 12.8. The Bertz CT molecular complexity index is 537. The minimum Gasteiger partial charge on any atom is -0.493 e. The van der Waals surface area contributed by atoms with Crippen molar-refractivity contribution in [3.05, 3.63) is 29.8 Å². The van der Waals surface area contributed by atoms with Gasteiger partial charge in [0.1, 0.15) is 5.75 Å². The molecule has 2 rings (SSSR count). The molecule has 1 aliphatic heterocycles. The molecule has 134 valence electrons. The fourth-order valence-electron chi connectivity index (χ4n) is 2.95. The summed E-state index contributed by atoms with van der Waals surface area (Å²) in [5.41, 5.74) is 0.446. The number of hydrogen-bond acceptors (Lipinski definition) is 3. The first-order chi connectivity index (χ1) is 11.3. The van der Waals surface area contributed by atoms with Gasteiger partial charge in [-0.25, -0.2) is 0 Å². The van der Waals surface area contributed by atoms with Crippen LogP contribution in [0.15, 0.2) is 24.3 Å². The van der Waals surface area contributed by atoms with Crippen molar-refractivity contribution in [3.8, 4) is 5.75 Å². The van der Waals surface area contributed by atoms with Gasteiger partial charge in [0, 0.05) is 12.1 Å². The van der Waals surface area contributed by atoms with Gasteiger partial charge >= 0.3 is 0 Å². The summed E-state index contributed by atoms with van der Waals surface area (Å²) < 4.78 is 5.72. The minimum atomic E-state index is -0.562. The molecule has 1 heterocycles. The second kappa shape index (κ2) is 8.02. The highest BCUT2D eigenvalue weighted by Gasteiger charge is 2.33. The van der Waals surface area contributed by atoms with Crippen LogP contribution in [-0.2, 0) is 10.2 Å². The van der Waals surface area contributed by atoms with Gasteiger partial charge in [-0.05, 0) is 63.8 Å². The maximum absolute atomic E-state index is 12.8. The van der Waals surface area contributed by atoms with Crippen LogP contribution in [0.25, 0.3) is 0 Å². The second-order valence-electron chi connectivity index (χ2n) is 7.82. The second-order valence-corrected chi connectivity index (χ2v) is 7.82. The molecule has 1 aliphatic rings. The summed E-state index contributed by atoms with van der Waals surface area (Å²) in [4.78, 5) is 12.8. The number of rotatable bonds is 6. The largest absolute Gasteiger partial charge is 0.493 e. The molecule has 0 aromatic heterocycles. The standard InChI is InChI=1S/C20H32N2O2/c1-14(2)13-24-17-10-8-16(9-11-17)20(4,5)19(23)22-18-7-6-12-21-15(18)3/h8-11,14-15,18,21H,6-7,12-13H2,1-5H3,(H,22,23). The number of piperidine rings is 1. The van der Waals surface area contributed by atoms with Crippen LogP contribution < -0.4 is 15.4 Å². The van der Waals surface area contributed by atoms with E-state index in [-0.39, 0.29) is 11.9 Å². The fraction of sp³-hybridized carbons (Fsp3) is 0.650. The third-order valence-corrected chi connectivity index (χ3v) is 4.81. The van der Waals surface area contributed by atoms with Gasteiger partial charge in [0.2, 0.25) is 5.91 Å². The number of nitrogens with one attached hydrogen (secondary N) is 2. The van der Waals surface area contributed by atoms with E-state index in [1.165, 1.54) is 0 Å². The van der Waals surface area contributed by atoms with Gasteiger partial charge in [0.25, 0.3) is 0 Å². The van der Waals surface area contributed by atoms with E-state index in [2.05, 4.69) is 31.4 Å². The lowest BCUT2D eigenvalue weighted by molar-refractivity contribution is -0.126. The van der Waals surface area contributed by atoms with Crippen molar-refractivity contribution < 1.29 is 9.53 Å². The van der Waals surface area contributed by atoms with Crippen molar-refractivity contribution in [3.63, 3.8) is 0 Å². The van der Waals surface area contributed by atoms with Gasteiger partial charge in [-0.3, -0.25) is 4.79 Å². The Kier molecular flexibility index (Phi) is 6.27. The number of carbonyl (C=O) groups excluding carboxylic acids is 1. The quantitative estimate of drug-likeness (QED) is 0.841. The van der Waals surface area contributed by atoms with Crippen molar-refractivity contribution >= 4 is 5.91 Å². The predicted octanol–water partition coefficient (Wildman–Crippen LogP) is 3.26. The van der Waals surface area contributed by atoms with E-state index in [4.69, 9.17) is 4.74 Å². The van der Waals surface area contributed by atoms with Gasteiger partial charge in [-0.1, -0.05) is 26.0 Å². The summed E-state index contributed by atoms with van der Waals surface area (Å²) in [5, 5.41) is 6.66. The predicted molar refractivity (Wildman–Crippen MR) is 98.4 cm³/mol. The minimum absolute atomic E-state index is 0.0823. The molecule has 0 aliphatic carbocycles. The Morgan fingerprint density at radius 3 is 2.58 bits per heavy atom. The molecular formula is C20H32N2O2. The van der Waals surface area contributed by atoms with Crippen LogP contribution in [0.5, 0.6) is 5.75 Å². The highest BCUT2D eigenvalue weighted by atomic mass is 16.5. The summed E-state index contributed by atoms with van der Waals surface area (Å²) in [6.07, 6.45) is 2.15. The molecule has 4 nitrogen and oxygen atoms in total. The first-order valence-electron chi connectivity index (χ1n) is 9.08. The molecule has 24 heavy (non-hydrogen) atoms. The van der Waals surface area contributed by atoms with E-state index in [1.54, 1.807) is 0 Å². The Balaban J connectivity index is 2.01. The SMILES string of the molecule is CC(C)COc1ccc(C(C)(C)C(=O)NC2CCCNC2C)cc1. The van der Waals surface area contributed by atoms with E-state index in [9.17, 15) is 4.79 Å².